The van der Waals surface area contributed by atoms with Crippen molar-refractivity contribution in [3.8, 4) is 0 Å². The summed E-state index contributed by atoms with van der Waals surface area (Å²) < 4.78 is 0. The molecule has 1 fully saturated rings. The van der Waals surface area contributed by atoms with Gasteiger partial charge in [0.25, 0.3) is 0 Å². The van der Waals surface area contributed by atoms with E-state index in [0.29, 0.717) is 11.9 Å². The summed E-state index contributed by atoms with van der Waals surface area (Å²) in [6, 6.07) is 13.2. The third-order valence-electron chi connectivity index (χ3n) is 4.32. The summed E-state index contributed by atoms with van der Waals surface area (Å²) in [6.45, 7) is 3.23. The van der Waals surface area contributed by atoms with Crippen molar-refractivity contribution in [2.24, 2.45) is 0 Å². The molecule has 2 N–H and O–H groups in total. The van der Waals surface area contributed by atoms with Crippen molar-refractivity contribution in [3.05, 3.63) is 42.5 Å². The number of carbonyl (C=O) groups excluding carboxylic acids is 1. The molecule has 6 nitrogen and oxygen atoms in total. The summed E-state index contributed by atoms with van der Waals surface area (Å²) in [5.74, 6) is 1.33. The maximum Gasteiger partial charge on any atom is 0.324 e. The molecule has 2 aromatic rings. The Morgan fingerprint density at radius 1 is 1.12 bits per heavy atom. The first-order valence-corrected chi connectivity index (χ1v) is 8.49. The normalized spacial score (nSPS) is 17.4. The van der Waals surface area contributed by atoms with Crippen molar-refractivity contribution >= 4 is 23.4 Å². The lowest BCUT2D eigenvalue weighted by Crippen LogP contribution is -2.39. The maximum atomic E-state index is 12.0. The van der Waals surface area contributed by atoms with Gasteiger partial charge in [-0.1, -0.05) is 25.1 Å². The summed E-state index contributed by atoms with van der Waals surface area (Å²) in [4.78, 5) is 14.3. The number of hydrogen-bond acceptors (Lipinski definition) is 4. The second kappa shape index (κ2) is 7.77. The standard InChI is InChI=1S/C18H23N5O/c1-2-15-10-6-7-13-23(15)17-12-11-16(21-22-17)20-18(24)19-14-8-4-3-5-9-14/h3-5,8-9,11-12,15H,2,6-7,10,13H2,1H3,(H2,19,20,21,24). The van der Waals surface area contributed by atoms with Gasteiger partial charge in [0.05, 0.1) is 0 Å². The van der Waals surface area contributed by atoms with Gasteiger partial charge in [-0.2, -0.15) is 0 Å². The molecule has 1 aliphatic heterocycles. The number of nitrogens with zero attached hydrogens (tertiary/aromatic N) is 3. The molecule has 0 radical (unpaired) electrons. The van der Waals surface area contributed by atoms with Gasteiger partial charge in [0.1, 0.15) is 0 Å². The number of piperidine rings is 1. The molecule has 2 amide bonds. The fourth-order valence-electron chi connectivity index (χ4n) is 3.07. The molecule has 3 rings (SSSR count). The zero-order chi connectivity index (χ0) is 16.8. The van der Waals surface area contributed by atoms with Crippen molar-refractivity contribution in [3.63, 3.8) is 0 Å². The maximum absolute atomic E-state index is 12.0. The van der Waals surface area contributed by atoms with Gasteiger partial charge in [0, 0.05) is 18.3 Å². The van der Waals surface area contributed by atoms with E-state index in [9.17, 15) is 4.79 Å². The fraction of sp³-hybridized carbons (Fsp3) is 0.389. The van der Waals surface area contributed by atoms with Crippen LogP contribution in [0.1, 0.15) is 32.6 Å². The third kappa shape index (κ3) is 4.01. The molecule has 126 valence electrons. The van der Waals surface area contributed by atoms with Crippen molar-refractivity contribution in [1.82, 2.24) is 10.2 Å². The first kappa shape index (κ1) is 16.2. The van der Waals surface area contributed by atoms with E-state index in [2.05, 4.69) is 32.7 Å². The van der Waals surface area contributed by atoms with Gasteiger partial charge >= 0.3 is 6.03 Å². The highest BCUT2D eigenvalue weighted by molar-refractivity contribution is 5.99. The first-order chi connectivity index (χ1) is 11.8. The van der Waals surface area contributed by atoms with E-state index in [1.807, 2.05) is 36.4 Å². The summed E-state index contributed by atoms with van der Waals surface area (Å²) in [7, 11) is 0. The van der Waals surface area contributed by atoms with Crippen LogP contribution in [0.5, 0.6) is 0 Å². The van der Waals surface area contributed by atoms with Crippen LogP contribution in [0.2, 0.25) is 0 Å². The fourth-order valence-corrected chi connectivity index (χ4v) is 3.07. The molecular formula is C18H23N5O. The predicted molar refractivity (Wildman–Crippen MR) is 96.4 cm³/mol. The Bertz CT molecular complexity index is 659. The Morgan fingerprint density at radius 2 is 1.96 bits per heavy atom. The van der Waals surface area contributed by atoms with E-state index in [1.165, 1.54) is 19.3 Å². The molecule has 0 spiro atoms. The number of carbonyl (C=O) groups is 1. The number of urea groups is 1. The van der Waals surface area contributed by atoms with Crippen LogP contribution in [-0.2, 0) is 0 Å². The number of anilines is 3. The topological polar surface area (TPSA) is 70.2 Å². The van der Waals surface area contributed by atoms with Crippen LogP contribution in [0, 0.1) is 0 Å². The van der Waals surface area contributed by atoms with Crippen molar-refractivity contribution in [2.75, 3.05) is 22.1 Å². The zero-order valence-corrected chi connectivity index (χ0v) is 13.9. The van der Waals surface area contributed by atoms with Crippen molar-refractivity contribution in [1.29, 1.82) is 0 Å². The van der Waals surface area contributed by atoms with E-state index >= 15 is 0 Å². The molecule has 24 heavy (non-hydrogen) atoms. The second-order valence-corrected chi connectivity index (χ2v) is 5.97. The largest absolute Gasteiger partial charge is 0.352 e. The minimum atomic E-state index is -0.326. The number of rotatable bonds is 4. The van der Waals surface area contributed by atoms with Gasteiger partial charge in [-0.3, -0.25) is 5.32 Å². The van der Waals surface area contributed by atoms with E-state index < -0.39 is 0 Å². The number of para-hydroxylation sites is 1. The molecular weight excluding hydrogens is 302 g/mol. The average Bonchev–Trinajstić information content (AvgIpc) is 2.63. The number of aromatic nitrogens is 2. The van der Waals surface area contributed by atoms with Crippen molar-refractivity contribution in [2.45, 2.75) is 38.6 Å². The van der Waals surface area contributed by atoms with Crippen LogP contribution in [0.25, 0.3) is 0 Å². The molecule has 1 unspecified atom stereocenters. The molecule has 2 heterocycles. The smallest absolute Gasteiger partial charge is 0.324 e. The number of nitrogens with one attached hydrogen (secondary N) is 2. The Balaban J connectivity index is 1.61. The lowest BCUT2D eigenvalue weighted by Gasteiger charge is -2.35. The Kier molecular flexibility index (Phi) is 5.25. The van der Waals surface area contributed by atoms with Gasteiger partial charge in [0.2, 0.25) is 0 Å². The van der Waals surface area contributed by atoms with Crippen molar-refractivity contribution < 1.29 is 4.79 Å². The number of amides is 2. The SMILES string of the molecule is CCC1CCCCN1c1ccc(NC(=O)Nc2ccccc2)nn1. The average molecular weight is 325 g/mol. The quantitative estimate of drug-likeness (QED) is 0.894. The molecule has 1 aliphatic rings. The third-order valence-corrected chi connectivity index (χ3v) is 4.32. The molecule has 1 aromatic heterocycles. The number of hydrogen-bond donors (Lipinski definition) is 2. The van der Waals surface area contributed by atoms with Crippen LogP contribution in [0.4, 0.5) is 22.1 Å². The highest BCUT2D eigenvalue weighted by atomic mass is 16.2. The van der Waals surface area contributed by atoms with E-state index in [1.54, 1.807) is 6.07 Å². The van der Waals surface area contributed by atoms with E-state index in [0.717, 1.165) is 24.5 Å². The lowest BCUT2D eigenvalue weighted by atomic mass is 10.0. The zero-order valence-electron chi connectivity index (χ0n) is 13.9. The Hall–Kier alpha value is -2.63. The predicted octanol–water partition coefficient (Wildman–Crippen LogP) is 3.89. The molecule has 0 bridgehead atoms. The summed E-state index contributed by atoms with van der Waals surface area (Å²) in [5.41, 5.74) is 0.735. The molecule has 1 atom stereocenters. The van der Waals surface area contributed by atoms with Gasteiger partial charge in [-0.15, -0.1) is 10.2 Å². The highest BCUT2D eigenvalue weighted by Crippen LogP contribution is 2.24. The van der Waals surface area contributed by atoms with Gasteiger partial charge in [-0.25, -0.2) is 4.79 Å². The van der Waals surface area contributed by atoms with Gasteiger partial charge in [-0.05, 0) is 49.9 Å². The molecule has 1 aromatic carbocycles. The monoisotopic (exact) mass is 325 g/mol. The highest BCUT2D eigenvalue weighted by Gasteiger charge is 2.22. The molecule has 0 saturated carbocycles. The Labute approximate surface area is 142 Å². The molecule has 6 heteroatoms. The van der Waals surface area contributed by atoms with Gasteiger partial charge in [0.15, 0.2) is 11.6 Å². The van der Waals surface area contributed by atoms with Crippen LogP contribution in [0.15, 0.2) is 42.5 Å². The summed E-state index contributed by atoms with van der Waals surface area (Å²) in [6.07, 6.45) is 4.79. The molecule has 0 aliphatic carbocycles. The van der Waals surface area contributed by atoms with Crippen LogP contribution in [0.3, 0.4) is 0 Å². The van der Waals surface area contributed by atoms with Crippen LogP contribution in [-0.4, -0.2) is 28.8 Å². The molecule has 1 saturated heterocycles. The van der Waals surface area contributed by atoms with E-state index in [4.69, 9.17) is 0 Å². The second-order valence-electron chi connectivity index (χ2n) is 5.97. The first-order valence-electron chi connectivity index (χ1n) is 8.49. The summed E-state index contributed by atoms with van der Waals surface area (Å²) >= 11 is 0. The lowest BCUT2D eigenvalue weighted by molar-refractivity contribution is 0.262. The van der Waals surface area contributed by atoms with Gasteiger partial charge < -0.3 is 10.2 Å². The van der Waals surface area contributed by atoms with Crippen LogP contribution >= 0.6 is 0 Å². The number of benzene rings is 1. The van der Waals surface area contributed by atoms with E-state index in [-0.39, 0.29) is 6.03 Å². The Morgan fingerprint density at radius 3 is 2.67 bits per heavy atom. The van der Waals surface area contributed by atoms with Crippen LogP contribution < -0.4 is 15.5 Å². The summed E-state index contributed by atoms with van der Waals surface area (Å²) in [5, 5.41) is 13.9. The minimum Gasteiger partial charge on any atom is -0.352 e. The minimum absolute atomic E-state index is 0.326.